The van der Waals surface area contributed by atoms with E-state index in [1.165, 1.54) is 13.8 Å². The van der Waals surface area contributed by atoms with E-state index in [0.717, 1.165) is 0 Å². The van der Waals surface area contributed by atoms with Crippen molar-refractivity contribution in [1.82, 2.24) is 31.9 Å². The Kier molecular flexibility index (Phi) is 20.1. The summed E-state index contributed by atoms with van der Waals surface area (Å²) in [5.74, 6) is -18.6. The van der Waals surface area contributed by atoms with Crippen LogP contribution in [-0.2, 0) is 64.0 Å². The number of nitrogens with one attached hydrogen (secondary N) is 6. The van der Waals surface area contributed by atoms with Crippen LogP contribution in [0.3, 0.4) is 0 Å². The molecule has 7 unspecified atom stereocenters. The molecule has 0 aliphatic heterocycles. The van der Waals surface area contributed by atoms with Gasteiger partial charge in [-0.1, -0.05) is 44.2 Å². The predicted molar refractivity (Wildman–Crippen MR) is 195 cm³/mol. The van der Waals surface area contributed by atoms with E-state index >= 15 is 0 Å². The lowest BCUT2D eigenvalue weighted by Gasteiger charge is -2.27. The fraction of sp³-hybridized carbons (Fsp3) is 0.471. The third-order valence-corrected chi connectivity index (χ3v) is 7.95. The molecule has 0 aromatic heterocycles. The van der Waals surface area contributed by atoms with Crippen LogP contribution < -0.4 is 43.4 Å². The number of hydrogen-bond acceptors (Lipinski definition) is 13. The molecule has 7 atom stereocenters. The fourth-order valence-corrected chi connectivity index (χ4v) is 5.04. The van der Waals surface area contributed by atoms with Crippen molar-refractivity contribution in [3.8, 4) is 0 Å². The molecule has 0 saturated carbocycles. The van der Waals surface area contributed by atoms with Crippen LogP contribution in [-0.4, -0.2) is 139 Å². The van der Waals surface area contributed by atoms with Crippen molar-refractivity contribution < 1.29 is 83.1 Å². The lowest BCUT2D eigenvalue weighted by atomic mass is 10.0. The lowest BCUT2D eigenvalue weighted by molar-refractivity contribution is -0.146. The number of amides is 7. The molecule has 59 heavy (non-hydrogen) atoms. The highest BCUT2D eigenvalue weighted by Gasteiger charge is 2.36. The molecule has 0 fully saturated rings. The second-order valence-electron chi connectivity index (χ2n) is 13.2. The van der Waals surface area contributed by atoms with Gasteiger partial charge in [-0.2, -0.15) is 0 Å². The van der Waals surface area contributed by atoms with Crippen molar-refractivity contribution in [3.05, 3.63) is 35.9 Å². The standard InChI is InChI=1S/C34H46N8O17/c1-14(2)27(42-28(52)16(35)8-15-6-4-3-5-7-15)33(57)40-20(13-26(50)51)31(55)38-18(11-24(46)47)29(53)37-17(10-23(44)45)30(54)39-19(12-25(48)49)32(56)41-21(34(58)59)9-22(36)43/h3-7,14,16-21,27H,8-13,35H2,1-2H3,(H2,36,43)(H,37,53)(H,38,55)(H,39,54)(H,40,57)(H,41,56)(H,42,52)(H,44,45)(H,46,47)(H,48,49)(H,50,51)(H,58,59). The predicted octanol–water partition coefficient (Wildman–Crippen LogP) is -5.02. The molecule has 0 radical (unpaired) electrons. The van der Waals surface area contributed by atoms with E-state index in [4.69, 9.17) is 11.5 Å². The first-order valence-electron chi connectivity index (χ1n) is 17.4. The molecule has 0 aliphatic carbocycles. The van der Waals surface area contributed by atoms with Crippen LogP contribution in [0.5, 0.6) is 0 Å². The maximum atomic E-state index is 13.3. The minimum atomic E-state index is -2.24. The Morgan fingerprint density at radius 1 is 0.492 bits per heavy atom. The van der Waals surface area contributed by atoms with E-state index in [9.17, 15) is 83.1 Å². The molecule has 0 bridgehead atoms. The van der Waals surface area contributed by atoms with E-state index < -0.39 is 152 Å². The Morgan fingerprint density at radius 2 is 0.831 bits per heavy atom. The van der Waals surface area contributed by atoms with Gasteiger partial charge in [0.2, 0.25) is 41.4 Å². The zero-order chi connectivity index (χ0) is 45.1. The van der Waals surface area contributed by atoms with Crippen LogP contribution in [0.15, 0.2) is 30.3 Å². The third kappa shape index (κ3) is 18.5. The second kappa shape index (κ2) is 23.8. The van der Waals surface area contributed by atoms with Crippen molar-refractivity contribution in [2.24, 2.45) is 17.4 Å². The van der Waals surface area contributed by atoms with E-state index in [-0.39, 0.29) is 6.42 Å². The molecular weight excluding hydrogens is 792 g/mol. The highest BCUT2D eigenvalue weighted by molar-refractivity contribution is 6.00. The number of nitrogens with two attached hydrogens (primary N) is 2. The number of benzene rings is 1. The summed E-state index contributed by atoms with van der Waals surface area (Å²) in [6, 6.07) is -4.55. The largest absolute Gasteiger partial charge is 0.481 e. The number of hydrogen-bond donors (Lipinski definition) is 13. The summed E-state index contributed by atoms with van der Waals surface area (Å²) in [6.07, 6.45) is -5.86. The summed E-state index contributed by atoms with van der Waals surface area (Å²) in [4.78, 5) is 148. The molecule has 25 nitrogen and oxygen atoms in total. The minimum absolute atomic E-state index is 0.0784. The Balaban J connectivity index is 3.30. The van der Waals surface area contributed by atoms with Crippen molar-refractivity contribution >= 4 is 71.2 Å². The van der Waals surface area contributed by atoms with Gasteiger partial charge in [-0.05, 0) is 17.9 Å². The number of carboxylic acid groups (broad SMARTS) is 5. The Morgan fingerprint density at radius 3 is 1.14 bits per heavy atom. The van der Waals surface area contributed by atoms with Gasteiger partial charge in [-0.3, -0.25) is 52.7 Å². The Labute approximate surface area is 334 Å². The number of carbonyl (C=O) groups excluding carboxylic acids is 7. The molecule has 1 aromatic rings. The average molecular weight is 839 g/mol. The minimum Gasteiger partial charge on any atom is -0.481 e. The molecule has 0 aliphatic rings. The van der Waals surface area contributed by atoms with Gasteiger partial charge in [-0.25, -0.2) is 4.79 Å². The fourth-order valence-electron chi connectivity index (χ4n) is 5.04. The molecule has 25 heteroatoms. The van der Waals surface area contributed by atoms with Crippen molar-refractivity contribution in [1.29, 1.82) is 0 Å². The zero-order valence-electron chi connectivity index (χ0n) is 31.5. The van der Waals surface area contributed by atoms with Gasteiger partial charge in [0.1, 0.15) is 36.3 Å². The Bertz CT molecular complexity index is 1770. The average Bonchev–Trinajstić information content (AvgIpc) is 3.11. The van der Waals surface area contributed by atoms with Crippen molar-refractivity contribution in [2.75, 3.05) is 0 Å². The van der Waals surface area contributed by atoms with Gasteiger partial charge in [0.25, 0.3) is 0 Å². The normalized spacial score (nSPS) is 14.3. The number of primary amides is 1. The van der Waals surface area contributed by atoms with Gasteiger partial charge >= 0.3 is 29.8 Å². The van der Waals surface area contributed by atoms with Crippen LogP contribution in [0.4, 0.5) is 0 Å². The summed E-state index contributed by atoms with van der Waals surface area (Å²) in [6.45, 7) is 3.01. The van der Waals surface area contributed by atoms with E-state index in [2.05, 4.69) is 10.6 Å². The van der Waals surface area contributed by atoms with Crippen LogP contribution in [0.1, 0.15) is 51.5 Å². The maximum absolute atomic E-state index is 13.3. The second-order valence-corrected chi connectivity index (χ2v) is 13.2. The summed E-state index contributed by atoms with van der Waals surface area (Å²) >= 11 is 0. The first-order chi connectivity index (χ1) is 27.4. The van der Waals surface area contributed by atoms with E-state index in [1.807, 2.05) is 16.0 Å². The lowest BCUT2D eigenvalue weighted by Crippen LogP contribution is -2.61. The third-order valence-electron chi connectivity index (χ3n) is 7.95. The summed E-state index contributed by atoms with van der Waals surface area (Å²) in [5.41, 5.74) is 11.7. The van der Waals surface area contributed by atoms with Crippen LogP contribution in [0.25, 0.3) is 0 Å². The number of rotatable bonds is 26. The van der Waals surface area contributed by atoms with Gasteiger partial charge < -0.3 is 68.9 Å². The van der Waals surface area contributed by atoms with E-state index in [1.54, 1.807) is 35.6 Å². The van der Waals surface area contributed by atoms with Gasteiger partial charge in [-0.15, -0.1) is 0 Å². The molecule has 0 spiro atoms. The summed E-state index contributed by atoms with van der Waals surface area (Å²) < 4.78 is 0. The van der Waals surface area contributed by atoms with Gasteiger partial charge in [0, 0.05) is 0 Å². The highest BCUT2D eigenvalue weighted by atomic mass is 16.4. The molecule has 0 saturated heterocycles. The first kappa shape index (κ1) is 49.8. The van der Waals surface area contributed by atoms with Crippen molar-refractivity contribution in [3.63, 3.8) is 0 Å². The van der Waals surface area contributed by atoms with Gasteiger partial charge in [0.15, 0.2) is 0 Å². The molecule has 15 N–H and O–H groups in total. The first-order valence-corrected chi connectivity index (χ1v) is 17.4. The SMILES string of the molecule is CC(C)C(NC(=O)C(N)Cc1ccccc1)C(=O)NC(CC(=O)O)C(=O)NC(CC(=O)O)C(=O)NC(CC(=O)O)C(=O)NC(CC(=O)O)C(=O)NC(CC(N)=O)C(=O)O. The quantitative estimate of drug-likeness (QED) is 0.0415. The number of carboxylic acids is 5. The molecule has 1 rings (SSSR count). The molecule has 1 aromatic carbocycles. The van der Waals surface area contributed by atoms with Crippen LogP contribution >= 0.6 is 0 Å². The highest BCUT2D eigenvalue weighted by Crippen LogP contribution is 2.08. The van der Waals surface area contributed by atoms with Crippen LogP contribution in [0.2, 0.25) is 0 Å². The summed E-state index contributed by atoms with van der Waals surface area (Å²) in [5, 5.41) is 58.8. The molecule has 0 heterocycles. The molecule has 7 amide bonds. The smallest absolute Gasteiger partial charge is 0.326 e. The van der Waals surface area contributed by atoms with Crippen LogP contribution in [0, 0.1) is 5.92 Å². The maximum Gasteiger partial charge on any atom is 0.326 e. The zero-order valence-corrected chi connectivity index (χ0v) is 31.5. The number of carbonyl (C=O) groups is 12. The number of aliphatic carboxylic acids is 5. The monoisotopic (exact) mass is 838 g/mol. The summed E-state index contributed by atoms with van der Waals surface area (Å²) in [7, 11) is 0. The van der Waals surface area contributed by atoms with Gasteiger partial charge in [0.05, 0.1) is 38.1 Å². The van der Waals surface area contributed by atoms with Crippen molar-refractivity contribution in [2.45, 2.75) is 94.7 Å². The molecule has 324 valence electrons. The topological polar surface area (TPSA) is 430 Å². The Hall–Kier alpha value is -7.18. The van der Waals surface area contributed by atoms with E-state index in [0.29, 0.717) is 5.56 Å². The molecular formula is C34H46N8O17.